The van der Waals surface area contributed by atoms with Crippen LogP contribution in [0.15, 0.2) is 30.5 Å². The predicted octanol–water partition coefficient (Wildman–Crippen LogP) is 3.12. The summed E-state index contributed by atoms with van der Waals surface area (Å²) in [7, 11) is 1.91. The molecule has 1 heterocycles. The van der Waals surface area contributed by atoms with E-state index in [9.17, 15) is 4.79 Å². The van der Waals surface area contributed by atoms with Crippen LogP contribution >= 0.6 is 11.3 Å². The van der Waals surface area contributed by atoms with E-state index in [4.69, 9.17) is 5.11 Å². The molecule has 0 aliphatic carbocycles. The third-order valence-electron chi connectivity index (χ3n) is 3.37. The fourth-order valence-electron chi connectivity index (χ4n) is 2.00. The number of anilines is 2. The summed E-state index contributed by atoms with van der Waals surface area (Å²) < 4.78 is 0. The number of hydrogen-bond acceptors (Lipinski definition) is 5. The first-order valence-electron chi connectivity index (χ1n) is 7.51. The van der Waals surface area contributed by atoms with Crippen LogP contribution in [0.2, 0.25) is 0 Å². The van der Waals surface area contributed by atoms with Gasteiger partial charge in [-0.15, -0.1) is 11.3 Å². The Balaban J connectivity index is 2.04. The molecule has 2 N–H and O–H groups in total. The van der Waals surface area contributed by atoms with Crippen LogP contribution in [0.5, 0.6) is 0 Å². The van der Waals surface area contributed by atoms with E-state index in [2.05, 4.69) is 31.1 Å². The summed E-state index contributed by atoms with van der Waals surface area (Å²) in [6.07, 6.45) is 1.63. The Labute approximate surface area is 141 Å². The summed E-state index contributed by atoms with van der Waals surface area (Å²) in [6.45, 7) is 6.91. The maximum Gasteiger partial charge on any atom is 0.267 e. The van der Waals surface area contributed by atoms with Crippen LogP contribution in [0.4, 0.5) is 11.4 Å². The van der Waals surface area contributed by atoms with Gasteiger partial charge in [-0.05, 0) is 24.3 Å². The Bertz CT molecular complexity index is 659. The molecular formula is C17H23N3O2S. The topological polar surface area (TPSA) is 65.5 Å². The number of likely N-dealkylation sites (N-methyl/N-ethyl adjacent to an activating group) is 1. The van der Waals surface area contributed by atoms with E-state index < -0.39 is 0 Å². The van der Waals surface area contributed by atoms with Crippen molar-refractivity contribution >= 4 is 28.6 Å². The molecular weight excluding hydrogens is 310 g/mol. The molecule has 0 aliphatic rings. The van der Waals surface area contributed by atoms with Crippen molar-refractivity contribution in [3.8, 4) is 0 Å². The van der Waals surface area contributed by atoms with Gasteiger partial charge in [-0.25, -0.2) is 4.98 Å². The number of thiazole rings is 1. The smallest absolute Gasteiger partial charge is 0.267 e. The Kier molecular flexibility index (Phi) is 5.38. The number of nitrogens with zero attached hydrogens (tertiary/aromatic N) is 2. The highest BCUT2D eigenvalue weighted by Gasteiger charge is 2.20. The minimum absolute atomic E-state index is 0.0534. The van der Waals surface area contributed by atoms with Crippen molar-refractivity contribution < 1.29 is 9.90 Å². The molecule has 0 atom stereocenters. The molecule has 5 nitrogen and oxygen atoms in total. The predicted molar refractivity (Wildman–Crippen MR) is 95.6 cm³/mol. The monoisotopic (exact) mass is 333 g/mol. The second kappa shape index (κ2) is 7.10. The first-order valence-corrected chi connectivity index (χ1v) is 8.32. The van der Waals surface area contributed by atoms with E-state index in [0.717, 1.165) is 16.4 Å². The highest BCUT2D eigenvalue weighted by Crippen LogP contribution is 2.27. The number of rotatable bonds is 5. The molecule has 0 saturated carbocycles. The zero-order valence-electron chi connectivity index (χ0n) is 14.0. The van der Waals surface area contributed by atoms with Crippen LogP contribution in [-0.4, -0.2) is 36.2 Å². The molecule has 0 saturated heterocycles. The second-order valence-electron chi connectivity index (χ2n) is 6.43. The molecule has 0 spiro atoms. The van der Waals surface area contributed by atoms with E-state index in [1.54, 1.807) is 6.20 Å². The quantitative estimate of drug-likeness (QED) is 0.882. The third kappa shape index (κ3) is 4.53. The molecule has 0 aliphatic heterocycles. The average molecular weight is 333 g/mol. The van der Waals surface area contributed by atoms with Gasteiger partial charge in [-0.1, -0.05) is 20.8 Å². The second-order valence-corrected chi connectivity index (χ2v) is 7.46. The lowest BCUT2D eigenvalue weighted by Crippen LogP contribution is -2.21. The maximum atomic E-state index is 12.3. The Morgan fingerprint density at radius 3 is 2.48 bits per heavy atom. The molecule has 124 valence electrons. The summed E-state index contributed by atoms with van der Waals surface area (Å²) >= 11 is 1.42. The molecule has 23 heavy (non-hydrogen) atoms. The average Bonchev–Trinajstić information content (AvgIpc) is 2.98. The molecule has 2 aromatic rings. The summed E-state index contributed by atoms with van der Waals surface area (Å²) in [5.74, 6) is -0.144. The van der Waals surface area contributed by atoms with Gasteiger partial charge in [0.1, 0.15) is 4.88 Å². The number of benzene rings is 1. The van der Waals surface area contributed by atoms with Gasteiger partial charge in [0, 0.05) is 30.4 Å². The van der Waals surface area contributed by atoms with E-state index >= 15 is 0 Å². The number of hydrogen-bond donors (Lipinski definition) is 2. The van der Waals surface area contributed by atoms with E-state index in [1.165, 1.54) is 11.3 Å². The van der Waals surface area contributed by atoms with Gasteiger partial charge in [0.15, 0.2) is 0 Å². The van der Waals surface area contributed by atoms with Crippen LogP contribution in [-0.2, 0) is 5.41 Å². The summed E-state index contributed by atoms with van der Waals surface area (Å²) in [4.78, 5) is 19.2. The summed E-state index contributed by atoms with van der Waals surface area (Å²) in [5.41, 5.74) is 1.68. The molecule has 1 aromatic carbocycles. The van der Waals surface area contributed by atoms with Gasteiger partial charge in [0.05, 0.1) is 17.8 Å². The van der Waals surface area contributed by atoms with Crippen molar-refractivity contribution in [2.75, 3.05) is 30.4 Å². The number of aromatic nitrogens is 1. The van der Waals surface area contributed by atoms with Gasteiger partial charge in [-0.3, -0.25) is 4.79 Å². The first-order chi connectivity index (χ1) is 10.8. The van der Waals surface area contributed by atoms with Crippen LogP contribution < -0.4 is 10.2 Å². The zero-order chi connectivity index (χ0) is 17.0. The third-order valence-corrected chi connectivity index (χ3v) is 4.79. The number of carbonyl (C=O) groups is 1. The van der Waals surface area contributed by atoms with Crippen molar-refractivity contribution in [2.45, 2.75) is 26.2 Å². The van der Waals surface area contributed by atoms with Crippen LogP contribution in [0.3, 0.4) is 0 Å². The van der Waals surface area contributed by atoms with Gasteiger partial charge >= 0.3 is 0 Å². The van der Waals surface area contributed by atoms with Crippen molar-refractivity contribution in [3.05, 3.63) is 40.3 Å². The van der Waals surface area contributed by atoms with Crippen molar-refractivity contribution in [1.29, 1.82) is 0 Å². The maximum absolute atomic E-state index is 12.3. The van der Waals surface area contributed by atoms with Crippen LogP contribution in [0.25, 0.3) is 0 Å². The number of aliphatic hydroxyl groups excluding tert-OH is 1. The van der Waals surface area contributed by atoms with E-state index in [0.29, 0.717) is 11.4 Å². The van der Waals surface area contributed by atoms with Crippen molar-refractivity contribution in [3.63, 3.8) is 0 Å². The lowest BCUT2D eigenvalue weighted by Gasteiger charge is -2.18. The van der Waals surface area contributed by atoms with Crippen LogP contribution in [0.1, 0.15) is 35.5 Å². The van der Waals surface area contributed by atoms with Gasteiger partial charge in [0.2, 0.25) is 0 Å². The molecule has 1 amide bonds. The van der Waals surface area contributed by atoms with E-state index in [1.807, 2.05) is 36.2 Å². The fraction of sp³-hybridized carbons (Fsp3) is 0.412. The zero-order valence-corrected chi connectivity index (χ0v) is 14.8. The van der Waals surface area contributed by atoms with Crippen molar-refractivity contribution in [1.82, 2.24) is 4.98 Å². The van der Waals surface area contributed by atoms with Crippen molar-refractivity contribution in [2.24, 2.45) is 0 Å². The Morgan fingerprint density at radius 1 is 1.30 bits per heavy atom. The molecule has 1 aromatic heterocycles. The SMILES string of the molecule is CN(CCO)c1ccc(NC(=O)c2cnc(C(C)(C)C)s2)cc1. The number of carbonyl (C=O) groups excluding carboxylic acids is 1. The molecule has 2 rings (SSSR count). The highest BCUT2D eigenvalue weighted by atomic mass is 32.1. The molecule has 0 unspecified atom stereocenters. The normalized spacial score (nSPS) is 11.3. The molecule has 0 bridgehead atoms. The molecule has 6 heteroatoms. The Morgan fingerprint density at radius 2 is 1.96 bits per heavy atom. The molecule has 0 radical (unpaired) electrons. The lowest BCUT2D eigenvalue weighted by molar-refractivity contribution is 0.103. The summed E-state index contributed by atoms with van der Waals surface area (Å²) in [5, 5.41) is 12.8. The minimum atomic E-state index is -0.144. The lowest BCUT2D eigenvalue weighted by atomic mass is 9.98. The standard InChI is InChI=1S/C17H23N3O2S/c1-17(2,3)16-18-11-14(23-16)15(22)19-12-5-7-13(8-6-12)20(4)9-10-21/h5-8,11,21H,9-10H2,1-4H3,(H,19,22). The highest BCUT2D eigenvalue weighted by molar-refractivity contribution is 7.13. The number of amides is 1. The molecule has 0 fully saturated rings. The van der Waals surface area contributed by atoms with Gasteiger partial charge in [0.25, 0.3) is 5.91 Å². The van der Waals surface area contributed by atoms with Gasteiger partial charge in [-0.2, -0.15) is 0 Å². The largest absolute Gasteiger partial charge is 0.395 e. The summed E-state index contributed by atoms with van der Waals surface area (Å²) in [6, 6.07) is 7.54. The fourth-order valence-corrected chi connectivity index (χ4v) is 2.87. The van der Waals surface area contributed by atoms with Gasteiger partial charge < -0.3 is 15.3 Å². The first kappa shape index (κ1) is 17.4. The van der Waals surface area contributed by atoms with Crippen LogP contribution in [0, 0.1) is 0 Å². The number of aliphatic hydroxyl groups is 1. The Hall–Kier alpha value is -1.92. The number of nitrogens with one attached hydrogen (secondary N) is 1. The minimum Gasteiger partial charge on any atom is -0.395 e. The van der Waals surface area contributed by atoms with E-state index in [-0.39, 0.29) is 17.9 Å².